The monoisotopic (exact) mass is 429 g/mol. The molecule has 1 aliphatic heterocycles. The second-order valence-electron chi connectivity index (χ2n) is 6.96. The molecule has 0 aromatic heterocycles. The summed E-state index contributed by atoms with van der Waals surface area (Å²) in [6, 6.07) is 3.66. The molecule has 1 heterocycles. The van der Waals surface area contributed by atoms with Crippen molar-refractivity contribution in [3.8, 4) is 0 Å². The Hall–Kier alpha value is -2.20. The number of esters is 1. The maximum atomic E-state index is 13.0. The van der Waals surface area contributed by atoms with Crippen molar-refractivity contribution in [1.29, 1.82) is 0 Å². The van der Waals surface area contributed by atoms with Crippen LogP contribution in [0.4, 0.5) is 9.18 Å². The van der Waals surface area contributed by atoms with Gasteiger partial charge < -0.3 is 15.4 Å². The van der Waals surface area contributed by atoms with Crippen molar-refractivity contribution in [1.82, 2.24) is 14.9 Å². The number of hydrogen-bond acceptors (Lipinski definition) is 5. The number of benzene rings is 1. The Kier molecular flexibility index (Phi) is 8.39. The van der Waals surface area contributed by atoms with Crippen LogP contribution in [0.3, 0.4) is 0 Å². The molecule has 0 aliphatic carbocycles. The van der Waals surface area contributed by atoms with Crippen LogP contribution in [-0.2, 0) is 19.6 Å². The number of halogens is 1. The van der Waals surface area contributed by atoms with E-state index in [1.165, 1.54) is 16.4 Å². The van der Waals surface area contributed by atoms with Gasteiger partial charge in [-0.05, 0) is 63.3 Å². The Morgan fingerprint density at radius 1 is 1.24 bits per heavy atom. The summed E-state index contributed by atoms with van der Waals surface area (Å²) in [5.74, 6) is -0.675. The molecule has 10 heteroatoms. The third-order valence-corrected chi connectivity index (χ3v) is 6.76. The van der Waals surface area contributed by atoms with Gasteiger partial charge in [-0.25, -0.2) is 22.4 Å². The first-order valence-corrected chi connectivity index (χ1v) is 11.1. The Labute approximate surface area is 170 Å². The topological polar surface area (TPSA) is 105 Å². The number of sulfonamides is 1. The Morgan fingerprint density at radius 2 is 1.86 bits per heavy atom. The van der Waals surface area contributed by atoms with Gasteiger partial charge in [0.2, 0.25) is 10.0 Å². The smallest absolute Gasteiger partial charge is 0.328 e. The quantitative estimate of drug-likeness (QED) is 0.614. The highest BCUT2D eigenvalue weighted by Gasteiger charge is 2.29. The summed E-state index contributed by atoms with van der Waals surface area (Å²) >= 11 is 0. The second-order valence-corrected chi connectivity index (χ2v) is 8.90. The maximum absolute atomic E-state index is 13.0. The molecule has 0 bridgehead atoms. The van der Waals surface area contributed by atoms with Crippen molar-refractivity contribution in [3.63, 3.8) is 0 Å². The molecule has 1 fully saturated rings. The minimum Gasteiger partial charge on any atom is -0.464 e. The Morgan fingerprint density at radius 3 is 2.45 bits per heavy atom. The van der Waals surface area contributed by atoms with E-state index in [2.05, 4.69) is 10.6 Å². The van der Waals surface area contributed by atoms with Gasteiger partial charge in [0.15, 0.2) is 0 Å². The standard InChI is InChI=1S/C19H28FN3O5S/c1-3-28-18(24)14(2)22-19(25)21-11-8-15-9-12-23(13-10-15)29(26,27)17-6-4-16(20)5-7-17/h4-7,14-15H,3,8-13H2,1-2H3,(H2,21,22,25). The van der Waals surface area contributed by atoms with E-state index in [1.807, 2.05) is 0 Å². The van der Waals surface area contributed by atoms with Crippen molar-refractivity contribution in [3.05, 3.63) is 30.1 Å². The van der Waals surface area contributed by atoms with Gasteiger partial charge in [-0.1, -0.05) is 0 Å². The van der Waals surface area contributed by atoms with Gasteiger partial charge in [-0.15, -0.1) is 0 Å². The molecular weight excluding hydrogens is 401 g/mol. The van der Waals surface area contributed by atoms with Crippen LogP contribution in [0.5, 0.6) is 0 Å². The van der Waals surface area contributed by atoms with Crippen molar-refractivity contribution in [2.45, 2.75) is 44.0 Å². The fraction of sp³-hybridized carbons (Fsp3) is 0.579. The molecule has 0 radical (unpaired) electrons. The highest BCUT2D eigenvalue weighted by molar-refractivity contribution is 7.89. The Balaban J connectivity index is 1.72. The second kappa shape index (κ2) is 10.5. The summed E-state index contributed by atoms with van der Waals surface area (Å²) in [6.07, 6.45) is 2.08. The summed E-state index contributed by atoms with van der Waals surface area (Å²) < 4.78 is 44.5. The largest absolute Gasteiger partial charge is 0.464 e. The lowest BCUT2D eigenvalue weighted by Crippen LogP contribution is -2.45. The highest BCUT2D eigenvalue weighted by Crippen LogP contribution is 2.25. The molecular formula is C19H28FN3O5S. The van der Waals surface area contributed by atoms with Gasteiger partial charge in [0.25, 0.3) is 0 Å². The van der Waals surface area contributed by atoms with E-state index in [9.17, 15) is 22.4 Å². The van der Waals surface area contributed by atoms with Crippen LogP contribution in [0.25, 0.3) is 0 Å². The van der Waals surface area contributed by atoms with E-state index in [0.717, 1.165) is 12.1 Å². The fourth-order valence-corrected chi connectivity index (χ4v) is 4.63. The first-order chi connectivity index (χ1) is 13.7. The zero-order chi connectivity index (χ0) is 21.4. The molecule has 8 nitrogen and oxygen atoms in total. The molecule has 0 spiro atoms. The zero-order valence-electron chi connectivity index (χ0n) is 16.7. The summed E-state index contributed by atoms with van der Waals surface area (Å²) in [5, 5.41) is 5.22. The molecule has 29 heavy (non-hydrogen) atoms. The van der Waals surface area contributed by atoms with Crippen LogP contribution < -0.4 is 10.6 Å². The summed E-state index contributed by atoms with van der Waals surface area (Å²) in [7, 11) is -3.62. The third-order valence-electron chi connectivity index (χ3n) is 4.85. The number of urea groups is 1. The molecule has 1 aromatic rings. The lowest BCUT2D eigenvalue weighted by atomic mass is 9.95. The number of carbonyl (C=O) groups is 2. The molecule has 162 valence electrons. The number of piperidine rings is 1. The molecule has 1 saturated heterocycles. The van der Waals surface area contributed by atoms with Crippen LogP contribution in [0.2, 0.25) is 0 Å². The van der Waals surface area contributed by atoms with Crippen LogP contribution in [0.1, 0.15) is 33.1 Å². The van der Waals surface area contributed by atoms with Gasteiger partial charge in [-0.2, -0.15) is 4.31 Å². The number of carbonyl (C=O) groups excluding carboxylic acids is 2. The first-order valence-electron chi connectivity index (χ1n) is 9.70. The minimum absolute atomic E-state index is 0.0893. The van der Waals surface area contributed by atoms with E-state index in [4.69, 9.17) is 4.74 Å². The average Bonchev–Trinajstić information content (AvgIpc) is 2.69. The van der Waals surface area contributed by atoms with Gasteiger partial charge in [0.1, 0.15) is 11.9 Å². The molecule has 2 N–H and O–H groups in total. The summed E-state index contributed by atoms with van der Waals surface area (Å²) in [4.78, 5) is 23.4. The predicted molar refractivity (Wildman–Crippen MR) is 105 cm³/mol. The van der Waals surface area contributed by atoms with Crippen LogP contribution in [-0.4, -0.2) is 57.0 Å². The number of ether oxygens (including phenoxy) is 1. The minimum atomic E-state index is -3.62. The van der Waals surface area contributed by atoms with E-state index in [-0.39, 0.29) is 17.4 Å². The maximum Gasteiger partial charge on any atom is 0.328 e. The average molecular weight is 430 g/mol. The van der Waals surface area contributed by atoms with E-state index < -0.39 is 33.9 Å². The highest BCUT2D eigenvalue weighted by atomic mass is 32.2. The van der Waals surface area contributed by atoms with Gasteiger partial charge in [0, 0.05) is 19.6 Å². The van der Waals surface area contributed by atoms with Crippen LogP contribution in [0, 0.1) is 11.7 Å². The Bertz CT molecular complexity index is 793. The normalized spacial score (nSPS) is 16.8. The number of hydrogen-bond donors (Lipinski definition) is 2. The van der Waals surface area contributed by atoms with E-state index in [1.54, 1.807) is 13.8 Å². The van der Waals surface area contributed by atoms with E-state index in [0.29, 0.717) is 38.9 Å². The molecule has 2 amide bonds. The van der Waals surface area contributed by atoms with Crippen LogP contribution in [0.15, 0.2) is 29.2 Å². The number of nitrogens with one attached hydrogen (secondary N) is 2. The van der Waals surface area contributed by atoms with Gasteiger partial charge in [0.05, 0.1) is 11.5 Å². The zero-order valence-corrected chi connectivity index (χ0v) is 17.5. The van der Waals surface area contributed by atoms with Crippen molar-refractivity contribution < 1.29 is 27.1 Å². The molecule has 1 aliphatic rings. The number of rotatable bonds is 8. The van der Waals surface area contributed by atoms with Crippen molar-refractivity contribution >= 4 is 22.0 Å². The number of amides is 2. The van der Waals surface area contributed by atoms with Gasteiger partial charge >= 0.3 is 12.0 Å². The molecule has 1 unspecified atom stereocenters. The molecule has 1 atom stereocenters. The van der Waals surface area contributed by atoms with Crippen LogP contribution >= 0.6 is 0 Å². The molecule has 1 aromatic carbocycles. The predicted octanol–water partition coefficient (Wildman–Crippen LogP) is 1.87. The molecule has 0 saturated carbocycles. The van der Waals surface area contributed by atoms with Crippen molar-refractivity contribution in [2.75, 3.05) is 26.2 Å². The van der Waals surface area contributed by atoms with Crippen molar-refractivity contribution in [2.24, 2.45) is 5.92 Å². The number of nitrogens with zero attached hydrogens (tertiary/aromatic N) is 1. The van der Waals surface area contributed by atoms with E-state index >= 15 is 0 Å². The lowest BCUT2D eigenvalue weighted by molar-refractivity contribution is -0.144. The first kappa shape index (κ1) is 23.1. The summed E-state index contributed by atoms with van der Waals surface area (Å²) in [6.45, 7) is 4.70. The van der Waals surface area contributed by atoms with Gasteiger partial charge in [-0.3, -0.25) is 0 Å². The SMILES string of the molecule is CCOC(=O)C(C)NC(=O)NCCC1CCN(S(=O)(=O)c2ccc(F)cc2)CC1. The third kappa shape index (κ3) is 6.67. The fourth-order valence-electron chi connectivity index (χ4n) is 3.16. The molecule has 2 rings (SSSR count). The lowest BCUT2D eigenvalue weighted by Gasteiger charge is -2.31. The summed E-state index contributed by atoms with van der Waals surface area (Å²) in [5.41, 5.74) is 0.